The van der Waals surface area contributed by atoms with Gasteiger partial charge >= 0.3 is 0 Å². The summed E-state index contributed by atoms with van der Waals surface area (Å²) in [5.41, 5.74) is 4.97. The van der Waals surface area contributed by atoms with Crippen molar-refractivity contribution in [3.8, 4) is 6.07 Å². The molecule has 25 heavy (non-hydrogen) atoms. The van der Waals surface area contributed by atoms with Gasteiger partial charge in [-0.15, -0.1) is 0 Å². The van der Waals surface area contributed by atoms with Crippen molar-refractivity contribution < 1.29 is 0 Å². The third-order valence-electron chi connectivity index (χ3n) is 3.92. The molecule has 1 aromatic heterocycles. The maximum Gasteiger partial charge on any atom is 0.229 e. The predicted molar refractivity (Wildman–Crippen MR) is 100 cm³/mol. The lowest BCUT2D eigenvalue weighted by molar-refractivity contribution is 1.12. The molecule has 0 spiro atoms. The van der Waals surface area contributed by atoms with E-state index < -0.39 is 0 Å². The number of nitrogens with zero attached hydrogens (tertiary/aromatic N) is 3. The lowest BCUT2D eigenvalue weighted by Crippen LogP contribution is -2.03. The van der Waals surface area contributed by atoms with Crippen LogP contribution >= 0.6 is 0 Å². The van der Waals surface area contributed by atoms with E-state index in [2.05, 4.69) is 58.7 Å². The Morgan fingerprint density at radius 1 is 1.04 bits per heavy atom. The highest BCUT2D eigenvalue weighted by atomic mass is 15.1. The van der Waals surface area contributed by atoms with Gasteiger partial charge in [0.25, 0.3) is 0 Å². The Balaban J connectivity index is 1.81. The van der Waals surface area contributed by atoms with Crippen molar-refractivity contribution >= 4 is 23.1 Å². The molecule has 0 bridgehead atoms. The Hall–Kier alpha value is -3.39. The second kappa shape index (κ2) is 7.45. The van der Waals surface area contributed by atoms with Crippen LogP contribution in [0, 0.1) is 18.3 Å². The number of rotatable bonds is 5. The molecule has 0 saturated carbocycles. The van der Waals surface area contributed by atoms with Crippen LogP contribution in [0.4, 0.5) is 23.1 Å². The van der Waals surface area contributed by atoms with Crippen LogP contribution in [-0.2, 0) is 6.42 Å². The summed E-state index contributed by atoms with van der Waals surface area (Å²) in [5.74, 6) is 1.23. The number of aromatic nitrogens is 2. The average molecular weight is 329 g/mol. The van der Waals surface area contributed by atoms with Gasteiger partial charge in [-0.05, 0) is 54.8 Å². The van der Waals surface area contributed by atoms with Gasteiger partial charge in [0.1, 0.15) is 5.82 Å². The highest BCUT2D eigenvalue weighted by Gasteiger charge is 2.06. The molecule has 0 aliphatic carbocycles. The largest absolute Gasteiger partial charge is 0.340 e. The molecule has 124 valence electrons. The van der Waals surface area contributed by atoms with Gasteiger partial charge in [-0.25, -0.2) is 4.98 Å². The highest BCUT2D eigenvalue weighted by Crippen LogP contribution is 2.25. The van der Waals surface area contributed by atoms with E-state index in [1.165, 1.54) is 11.1 Å². The number of para-hydroxylation sites is 1. The van der Waals surface area contributed by atoms with E-state index in [0.717, 1.165) is 23.6 Å². The predicted octanol–water partition coefficient (Wildman–Crippen LogP) is 4.71. The third kappa shape index (κ3) is 3.93. The van der Waals surface area contributed by atoms with Crippen LogP contribution in [-0.4, -0.2) is 9.97 Å². The number of nitrogens with one attached hydrogen (secondary N) is 2. The fourth-order valence-electron chi connectivity index (χ4n) is 2.58. The summed E-state index contributed by atoms with van der Waals surface area (Å²) >= 11 is 0. The number of anilines is 4. The zero-order valence-corrected chi connectivity index (χ0v) is 14.2. The second-order valence-corrected chi connectivity index (χ2v) is 5.67. The van der Waals surface area contributed by atoms with Gasteiger partial charge in [-0.2, -0.15) is 10.2 Å². The molecule has 3 rings (SSSR count). The molecular weight excluding hydrogens is 310 g/mol. The normalized spacial score (nSPS) is 10.1. The van der Waals surface area contributed by atoms with Crippen molar-refractivity contribution in [2.75, 3.05) is 10.6 Å². The van der Waals surface area contributed by atoms with Crippen LogP contribution in [0.25, 0.3) is 0 Å². The van der Waals surface area contributed by atoms with Gasteiger partial charge in [0.15, 0.2) is 0 Å². The fourth-order valence-corrected chi connectivity index (χ4v) is 2.58. The van der Waals surface area contributed by atoms with E-state index in [4.69, 9.17) is 5.26 Å². The van der Waals surface area contributed by atoms with Gasteiger partial charge < -0.3 is 10.6 Å². The molecule has 0 aliphatic rings. The van der Waals surface area contributed by atoms with Crippen LogP contribution in [0.15, 0.2) is 54.7 Å². The molecule has 0 amide bonds. The Labute approximate surface area is 147 Å². The van der Waals surface area contributed by atoms with Crippen LogP contribution < -0.4 is 10.6 Å². The summed E-state index contributed by atoms with van der Waals surface area (Å²) in [5, 5.41) is 15.4. The quantitative estimate of drug-likeness (QED) is 0.709. The van der Waals surface area contributed by atoms with Gasteiger partial charge in [0.2, 0.25) is 5.95 Å². The molecule has 1 heterocycles. The summed E-state index contributed by atoms with van der Waals surface area (Å²) in [4.78, 5) is 8.78. The zero-order valence-electron chi connectivity index (χ0n) is 14.2. The third-order valence-corrected chi connectivity index (χ3v) is 3.92. The molecule has 3 aromatic rings. The lowest BCUT2D eigenvalue weighted by Gasteiger charge is -2.14. The molecule has 5 nitrogen and oxygen atoms in total. The molecule has 0 aliphatic heterocycles. The fraction of sp³-hybridized carbons (Fsp3) is 0.150. The Kier molecular flexibility index (Phi) is 4.91. The SMILES string of the molecule is CCc1cccc(C)c1Nc1ccnc(Nc2ccc(C#N)cc2)n1. The Morgan fingerprint density at radius 2 is 1.84 bits per heavy atom. The van der Waals surface area contributed by atoms with Crippen molar-refractivity contribution in [3.05, 3.63) is 71.4 Å². The average Bonchev–Trinajstić information content (AvgIpc) is 2.64. The Morgan fingerprint density at radius 3 is 2.56 bits per heavy atom. The topological polar surface area (TPSA) is 73.6 Å². The number of hydrogen-bond donors (Lipinski definition) is 2. The first-order chi connectivity index (χ1) is 12.2. The molecule has 0 radical (unpaired) electrons. The summed E-state index contributed by atoms with van der Waals surface area (Å²) in [6, 6.07) is 17.4. The minimum atomic E-state index is 0.501. The number of hydrogen-bond acceptors (Lipinski definition) is 5. The van der Waals surface area contributed by atoms with Gasteiger partial charge in [0, 0.05) is 17.6 Å². The summed E-state index contributed by atoms with van der Waals surface area (Å²) in [6.45, 7) is 4.22. The van der Waals surface area contributed by atoms with Gasteiger partial charge in [0.05, 0.1) is 11.6 Å². The lowest BCUT2D eigenvalue weighted by atomic mass is 10.1. The van der Waals surface area contributed by atoms with E-state index in [1.807, 2.05) is 18.2 Å². The van der Waals surface area contributed by atoms with Crippen molar-refractivity contribution in [3.63, 3.8) is 0 Å². The summed E-state index contributed by atoms with van der Waals surface area (Å²) < 4.78 is 0. The number of nitriles is 1. The first-order valence-corrected chi connectivity index (χ1v) is 8.15. The van der Waals surface area contributed by atoms with Gasteiger partial charge in [-0.1, -0.05) is 25.1 Å². The maximum atomic E-state index is 8.86. The van der Waals surface area contributed by atoms with Crippen LogP contribution in [0.3, 0.4) is 0 Å². The second-order valence-electron chi connectivity index (χ2n) is 5.67. The first kappa shape index (κ1) is 16.5. The van der Waals surface area contributed by atoms with Crippen molar-refractivity contribution in [1.29, 1.82) is 5.26 Å². The standard InChI is InChI=1S/C20H19N5/c1-3-16-6-4-5-14(2)19(16)24-18-11-12-22-20(25-18)23-17-9-7-15(13-21)8-10-17/h4-12H,3H2,1-2H3,(H2,22,23,24,25). The van der Waals surface area contributed by atoms with E-state index in [9.17, 15) is 0 Å². The highest BCUT2D eigenvalue weighted by molar-refractivity contribution is 5.65. The van der Waals surface area contributed by atoms with Crippen molar-refractivity contribution in [1.82, 2.24) is 9.97 Å². The number of benzene rings is 2. The summed E-state index contributed by atoms with van der Waals surface area (Å²) in [6.07, 6.45) is 2.66. The molecular formula is C20H19N5. The van der Waals surface area contributed by atoms with Crippen LogP contribution in [0.1, 0.15) is 23.6 Å². The minimum Gasteiger partial charge on any atom is -0.340 e. The smallest absolute Gasteiger partial charge is 0.229 e. The monoisotopic (exact) mass is 329 g/mol. The van der Waals surface area contributed by atoms with Gasteiger partial charge in [-0.3, -0.25) is 0 Å². The van der Waals surface area contributed by atoms with E-state index >= 15 is 0 Å². The van der Waals surface area contributed by atoms with Crippen molar-refractivity contribution in [2.24, 2.45) is 0 Å². The minimum absolute atomic E-state index is 0.501. The summed E-state index contributed by atoms with van der Waals surface area (Å²) in [7, 11) is 0. The molecule has 0 saturated heterocycles. The maximum absolute atomic E-state index is 8.86. The molecule has 0 fully saturated rings. The van der Waals surface area contributed by atoms with E-state index in [1.54, 1.807) is 18.3 Å². The zero-order chi connectivity index (χ0) is 17.6. The number of aryl methyl sites for hydroxylation is 2. The van der Waals surface area contributed by atoms with E-state index in [0.29, 0.717) is 11.5 Å². The molecule has 2 N–H and O–H groups in total. The van der Waals surface area contributed by atoms with Crippen LogP contribution in [0.5, 0.6) is 0 Å². The van der Waals surface area contributed by atoms with Crippen molar-refractivity contribution in [2.45, 2.75) is 20.3 Å². The van der Waals surface area contributed by atoms with Crippen LogP contribution in [0.2, 0.25) is 0 Å². The molecule has 0 unspecified atom stereocenters. The van der Waals surface area contributed by atoms with E-state index in [-0.39, 0.29) is 0 Å². The molecule has 2 aromatic carbocycles. The Bertz CT molecular complexity index is 910. The first-order valence-electron chi connectivity index (χ1n) is 8.15. The molecule has 0 atom stereocenters. The molecule has 5 heteroatoms.